The average molecular weight is 343 g/mol. The lowest BCUT2D eigenvalue weighted by atomic mass is 9.93. The van der Waals surface area contributed by atoms with E-state index < -0.39 is 0 Å². The monoisotopic (exact) mass is 343 g/mol. The molecule has 1 aliphatic carbocycles. The number of fused-ring (bicyclic) bond motifs is 1. The third-order valence-corrected chi connectivity index (χ3v) is 4.64. The van der Waals surface area contributed by atoms with E-state index in [1.54, 1.807) is 11.1 Å². The van der Waals surface area contributed by atoms with Crippen molar-refractivity contribution < 1.29 is 28.5 Å². The number of hydrogen-bond acceptors (Lipinski definition) is 0. The molecular weight excluding hydrogens is 321 g/mol. The fourth-order valence-corrected chi connectivity index (χ4v) is 3.66. The Hall–Kier alpha value is -0.0900. The van der Waals surface area contributed by atoms with Gasteiger partial charge in [0.1, 0.15) is 13.1 Å². The predicted octanol–water partition coefficient (Wildman–Crippen LogP) is 0.484. The first-order chi connectivity index (χ1) is 7.78. The van der Waals surface area contributed by atoms with Gasteiger partial charge < -0.3 is 28.5 Å². The first-order valence-electron chi connectivity index (χ1n) is 6.69. The van der Waals surface area contributed by atoms with Crippen LogP contribution in [0.3, 0.4) is 0 Å². The molecule has 0 aromatic heterocycles. The third-order valence-electron chi connectivity index (χ3n) is 4.64. The molecule has 1 aromatic rings. The number of benzene rings is 1. The molecule has 1 aliphatic heterocycles. The van der Waals surface area contributed by atoms with Crippen LogP contribution in [0.1, 0.15) is 43.2 Å². The van der Waals surface area contributed by atoms with Gasteiger partial charge in [0.25, 0.3) is 0 Å². The van der Waals surface area contributed by atoms with Crippen molar-refractivity contribution in [2.45, 2.75) is 51.2 Å². The summed E-state index contributed by atoms with van der Waals surface area (Å²) in [5, 5.41) is 0. The van der Waals surface area contributed by atoms with Crippen molar-refractivity contribution in [2.24, 2.45) is 0 Å². The van der Waals surface area contributed by atoms with Gasteiger partial charge in [0.05, 0.1) is 13.1 Å². The van der Waals surface area contributed by atoms with Gasteiger partial charge in [-0.05, 0) is 25.7 Å². The van der Waals surface area contributed by atoms with Crippen LogP contribution < -0.4 is 24.0 Å². The number of nitrogens with zero attached hydrogens (tertiary/aromatic N) is 1. The minimum absolute atomic E-state index is 0. The molecule has 2 aliphatic rings. The molecule has 0 bridgehead atoms. The Kier molecular flexibility index (Phi) is 4.14. The molecule has 0 saturated heterocycles. The highest BCUT2D eigenvalue weighted by Crippen LogP contribution is 2.36. The molecule has 94 valence electrons. The maximum Gasteiger partial charge on any atom is 0.105 e. The minimum Gasteiger partial charge on any atom is -1.00 e. The lowest BCUT2D eigenvalue weighted by Crippen LogP contribution is -3.00. The molecule has 1 nitrogen and oxygen atoms in total. The molecule has 1 fully saturated rings. The topological polar surface area (TPSA) is 0 Å². The summed E-state index contributed by atoms with van der Waals surface area (Å²) in [5.41, 5.74) is 3.19. The van der Waals surface area contributed by atoms with E-state index in [9.17, 15) is 0 Å². The second-order valence-corrected chi connectivity index (χ2v) is 5.86. The van der Waals surface area contributed by atoms with Crippen LogP contribution in [0.4, 0.5) is 0 Å². The highest BCUT2D eigenvalue weighted by atomic mass is 127. The van der Waals surface area contributed by atoms with Gasteiger partial charge in [0.15, 0.2) is 0 Å². The van der Waals surface area contributed by atoms with E-state index in [1.165, 1.54) is 49.7 Å². The molecule has 0 unspecified atom stereocenters. The molecule has 0 amide bonds. The van der Waals surface area contributed by atoms with Crippen LogP contribution in [-0.4, -0.2) is 17.6 Å². The van der Waals surface area contributed by atoms with Crippen molar-refractivity contribution in [1.82, 2.24) is 0 Å². The van der Waals surface area contributed by atoms with Crippen molar-refractivity contribution in [3.63, 3.8) is 0 Å². The molecule has 0 atom stereocenters. The van der Waals surface area contributed by atoms with Crippen LogP contribution in [0.25, 0.3) is 0 Å². The molecular formula is C15H22IN. The van der Waals surface area contributed by atoms with Gasteiger partial charge in [0, 0.05) is 11.1 Å². The van der Waals surface area contributed by atoms with Crippen LogP contribution in [-0.2, 0) is 13.1 Å². The van der Waals surface area contributed by atoms with E-state index in [0.29, 0.717) is 0 Å². The lowest BCUT2D eigenvalue weighted by Gasteiger charge is -2.40. The smallest absolute Gasteiger partial charge is 0.105 e. The summed E-state index contributed by atoms with van der Waals surface area (Å²) >= 11 is 0. The first kappa shape index (κ1) is 13.3. The number of halogens is 1. The zero-order chi connectivity index (χ0) is 11.0. The molecule has 1 aromatic carbocycles. The molecule has 0 N–H and O–H groups in total. The van der Waals surface area contributed by atoms with Gasteiger partial charge in [0.2, 0.25) is 0 Å². The summed E-state index contributed by atoms with van der Waals surface area (Å²) in [6, 6.07) is 9.94. The molecule has 1 saturated carbocycles. The Labute approximate surface area is 122 Å². The van der Waals surface area contributed by atoms with Gasteiger partial charge in [-0.3, -0.25) is 0 Å². The van der Waals surface area contributed by atoms with E-state index in [1.807, 2.05) is 0 Å². The summed E-state index contributed by atoms with van der Waals surface area (Å²) in [4.78, 5) is 0. The Morgan fingerprint density at radius 1 is 0.941 bits per heavy atom. The average Bonchev–Trinajstić information content (AvgIpc) is 2.68. The summed E-state index contributed by atoms with van der Waals surface area (Å²) < 4.78 is 1.28. The number of quaternary nitrogens is 1. The van der Waals surface area contributed by atoms with Gasteiger partial charge >= 0.3 is 0 Å². The van der Waals surface area contributed by atoms with Gasteiger partial charge in [-0.1, -0.05) is 30.7 Å². The molecule has 17 heavy (non-hydrogen) atoms. The largest absolute Gasteiger partial charge is 1.00 e. The molecule has 0 radical (unpaired) electrons. The van der Waals surface area contributed by atoms with Crippen LogP contribution in [0.2, 0.25) is 0 Å². The molecule has 2 heteroatoms. The maximum absolute atomic E-state index is 2.47. The van der Waals surface area contributed by atoms with Crippen LogP contribution in [0.15, 0.2) is 24.3 Å². The highest BCUT2D eigenvalue weighted by Gasteiger charge is 2.38. The van der Waals surface area contributed by atoms with Crippen LogP contribution in [0.5, 0.6) is 0 Å². The third kappa shape index (κ3) is 2.53. The normalized spacial score (nSPS) is 22.9. The quantitative estimate of drug-likeness (QED) is 0.514. The summed E-state index contributed by atoms with van der Waals surface area (Å²) in [7, 11) is 2.47. The summed E-state index contributed by atoms with van der Waals surface area (Å²) in [5.74, 6) is 0. The Morgan fingerprint density at radius 2 is 1.47 bits per heavy atom. The van der Waals surface area contributed by atoms with E-state index in [4.69, 9.17) is 0 Å². The van der Waals surface area contributed by atoms with E-state index in [0.717, 1.165) is 6.04 Å². The molecule has 3 rings (SSSR count). The van der Waals surface area contributed by atoms with E-state index in [2.05, 4.69) is 31.3 Å². The van der Waals surface area contributed by atoms with Gasteiger partial charge in [-0.2, -0.15) is 0 Å². The molecule has 1 heterocycles. The minimum atomic E-state index is 0. The van der Waals surface area contributed by atoms with Crippen LogP contribution >= 0.6 is 0 Å². The fourth-order valence-electron chi connectivity index (χ4n) is 3.66. The van der Waals surface area contributed by atoms with E-state index in [-0.39, 0.29) is 24.0 Å². The number of rotatable bonds is 1. The van der Waals surface area contributed by atoms with Crippen LogP contribution in [0, 0.1) is 0 Å². The zero-order valence-electron chi connectivity index (χ0n) is 10.7. The summed E-state index contributed by atoms with van der Waals surface area (Å²) in [6.07, 6.45) is 7.27. The lowest BCUT2D eigenvalue weighted by molar-refractivity contribution is -0.953. The zero-order valence-corrected chi connectivity index (χ0v) is 12.8. The van der Waals surface area contributed by atoms with Crippen molar-refractivity contribution >= 4 is 0 Å². The Bertz CT molecular complexity index is 357. The maximum atomic E-state index is 2.47. The summed E-state index contributed by atoms with van der Waals surface area (Å²) in [6.45, 7) is 2.53. The van der Waals surface area contributed by atoms with Gasteiger partial charge in [-0.25, -0.2) is 0 Å². The van der Waals surface area contributed by atoms with Crippen molar-refractivity contribution in [1.29, 1.82) is 0 Å². The second kappa shape index (κ2) is 5.27. The highest BCUT2D eigenvalue weighted by molar-refractivity contribution is 5.28. The van der Waals surface area contributed by atoms with Crippen molar-refractivity contribution in [2.75, 3.05) is 7.05 Å². The van der Waals surface area contributed by atoms with Gasteiger partial charge in [-0.15, -0.1) is 0 Å². The van der Waals surface area contributed by atoms with Crippen molar-refractivity contribution in [3.8, 4) is 0 Å². The van der Waals surface area contributed by atoms with E-state index >= 15 is 0 Å². The Morgan fingerprint density at radius 3 is 2.00 bits per heavy atom. The Balaban J connectivity index is 0.00000108. The predicted molar refractivity (Wildman–Crippen MR) is 66.9 cm³/mol. The SMILES string of the molecule is C[N+]1(C2CCCCC2)Cc2ccccc2C1.[I-]. The first-order valence-corrected chi connectivity index (χ1v) is 6.69. The standard InChI is InChI=1S/C15H22N.HI/c1-16(15-9-3-2-4-10-15)11-13-7-5-6-8-14(13)12-16;/h5-8,15H,2-4,9-12H2,1H3;1H/q+1;/p-1. The second-order valence-electron chi connectivity index (χ2n) is 5.86. The fraction of sp³-hybridized carbons (Fsp3) is 0.600. The van der Waals surface area contributed by atoms with Crippen molar-refractivity contribution in [3.05, 3.63) is 35.4 Å². The molecule has 0 spiro atoms. The number of hydrogen-bond donors (Lipinski definition) is 0.